The fraction of sp³-hybridized carbons (Fsp3) is 0.438. The number of ether oxygens (including phenoxy) is 1. The number of allylic oxidation sites excluding steroid dienone is 1. The van der Waals surface area contributed by atoms with Crippen molar-refractivity contribution in [1.82, 2.24) is 20.3 Å². The molecule has 7 heteroatoms. The molecule has 0 radical (unpaired) electrons. The second kappa shape index (κ2) is 7.10. The van der Waals surface area contributed by atoms with Crippen molar-refractivity contribution in [2.45, 2.75) is 19.4 Å². The summed E-state index contributed by atoms with van der Waals surface area (Å²) >= 11 is 5.99. The maximum atomic E-state index is 5.99. The van der Waals surface area contributed by atoms with Crippen molar-refractivity contribution in [3.8, 4) is 5.75 Å². The average molecular weight is 338 g/mol. The van der Waals surface area contributed by atoms with Crippen molar-refractivity contribution in [2.24, 2.45) is 0 Å². The van der Waals surface area contributed by atoms with Gasteiger partial charge in [-0.25, -0.2) is 4.98 Å². The molecule has 2 rings (SSSR count). The Balaban J connectivity index is 2.00. The van der Waals surface area contributed by atoms with Crippen LogP contribution in [-0.2, 0) is 0 Å². The van der Waals surface area contributed by atoms with Crippen LogP contribution in [0.3, 0.4) is 0 Å². The molecule has 1 aromatic heterocycles. The number of hydrogen-bond acceptors (Lipinski definition) is 6. The van der Waals surface area contributed by atoms with Gasteiger partial charge < -0.3 is 15.0 Å². The van der Waals surface area contributed by atoms with Crippen molar-refractivity contribution in [1.29, 1.82) is 0 Å². The van der Waals surface area contributed by atoms with E-state index in [4.69, 9.17) is 16.3 Å². The zero-order valence-electron chi connectivity index (χ0n) is 14.2. The fourth-order valence-corrected chi connectivity index (χ4v) is 2.71. The van der Waals surface area contributed by atoms with Gasteiger partial charge in [0.2, 0.25) is 0 Å². The number of anilines is 1. The van der Waals surface area contributed by atoms with Crippen LogP contribution in [0.4, 0.5) is 5.82 Å². The minimum Gasteiger partial charge on any atom is -0.485 e. The van der Waals surface area contributed by atoms with Gasteiger partial charge >= 0.3 is 0 Å². The molecule has 0 bridgehead atoms. The summed E-state index contributed by atoms with van der Waals surface area (Å²) in [5, 5.41) is 5.52. The number of hydrogen-bond donors (Lipinski definition) is 2. The molecule has 1 aliphatic heterocycles. The van der Waals surface area contributed by atoms with Crippen molar-refractivity contribution in [3.63, 3.8) is 0 Å². The Kier molecular flexibility index (Phi) is 5.38. The van der Waals surface area contributed by atoms with Gasteiger partial charge in [0.05, 0.1) is 11.9 Å². The zero-order chi connectivity index (χ0) is 17.0. The molecular weight excluding hydrogens is 314 g/mol. The van der Waals surface area contributed by atoms with Crippen LogP contribution in [0.25, 0.3) is 0 Å². The average Bonchev–Trinajstić information content (AvgIpc) is 2.38. The molecule has 6 nitrogen and oxygen atoms in total. The zero-order valence-corrected chi connectivity index (χ0v) is 15.0. The van der Waals surface area contributed by atoms with Gasteiger partial charge in [-0.05, 0) is 46.2 Å². The number of hydrazine groups is 1. The van der Waals surface area contributed by atoms with Crippen molar-refractivity contribution < 1.29 is 4.74 Å². The van der Waals surface area contributed by atoms with Gasteiger partial charge in [-0.15, -0.1) is 0 Å². The highest BCUT2D eigenvalue weighted by atomic mass is 35.5. The highest BCUT2D eigenvalue weighted by molar-refractivity contribution is 6.29. The smallest absolute Gasteiger partial charge is 0.138 e. The Bertz CT molecular complexity index is 595. The monoisotopic (exact) mass is 337 g/mol. The molecule has 0 aliphatic carbocycles. The summed E-state index contributed by atoms with van der Waals surface area (Å²) in [6.07, 6.45) is 5.41. The number of likely N-dealkylation sites (N-methyl/N-ethyl adjacent to an activating group) is 1. The van der Waals surface area contributed by atoms with E-state index in [2.05, 4.69) is 34.5 Å². The third kappa shape index (κ3) is 5.65. The predicted octanol–water partition coefficient (Wildman–Crippen LogP) is 2.58. The molecule has 0 saturated heterocycles. The molecule has 0 unspecified atom stereocenters. The minimum atomic E-state index is -0.281. The van der Waals surface area contributed by atoms with Gasteiger partial charge in [-0.2, -0.15) is 0 Å². The quantitative estimate of drug-likeness (QED) is 0.778. The standard InChI is InChI=1S/C16H24ClN5O/c1-16(2,11-21(3)4)23-13-6-7-15(18-9-13)19-12-8-14(17)20-22(5)10-12/h6-10,20H,11H2,1-5H3,(H,18,19). The Morgan fingerprint density at radius 1 is 1.39 bits per heavy atom. The van der Waals surface area contributed by atoms with Gasteiger partial charge in [0.1, 0.15) is 22.3 Å². The Morgan fingerprint density at radius 3 is 2.70 bits per heavy atom. The molecule has 2 heterocycles. The summed E-state index contributed by atoms with van der Waals surface area (Å²) < 4.78 is 5.99. The van der Waals surface area contributed by atoms with Crippen LogP contribution in [0.15, 0.2) is 41.5 Å². The first-order chi connectivity index (χ1) is 10.7. The molecule has 1 aromatic rings. The number of rotatable bonds is 6. The van der Waals surface area contributed by atoms with Crippen LogP contribution < -0.4 is 15.5 Å². The molecule has 0 amide bonds. The molecule has 0 spiro atoms. The summed E-state index contributed by atoms with van der Waals surface area (Å²) in [5.74, 6) is 1.47. The number of nitrogens with one attached hydrogen (secondary N) is 2. The number of nitrogens with zero attached hydrogens (tertiary/aromatic N) is 3. The number of aromatic nitrogens is 1. The normalized spacial score (nSPS) is 15.0. The van der Waals surface area contributed by atoms with Gasteiger partial charge in [0, 0.05) is 19.8 Å². The topological polar surface area (TPSA) is 52.7 Å². The fourth-order valence-electron chi connectivity index (χ4n) is 2.46. The second-order valence-electron chi connectivity index (χ2n) is 6.40. The van der Waals surface area contributed by atoms with Gasteiger partial charge in [0.15, 0.2) is 0 Å². The lowest BCUT2D eigenvalue weighted by atomic mass is 10.1. The van der Waals surface area contributed by atoms with Crippen LogP contribution in [-0.4, -0.2) is 48.2 Å². The number of halogens is 1. The summed E-state index contributed by atoms with van der Waals surface area (Å²) in [6, 6.07) is 3.79. The second-order valence-corrected chi connectivity index (χ2v) is 6.81. The van der Waals surface area contributed by atoms with Crippen LogP contribution in [0.1, 0.15) is 13.8 Å². The van der Waals surface area contributed by atoms with Crippen LogP contribution in [0, 0.1) is 0 Å². The Morgan fingerprint density at radius 2 is 2.13 bits per heavy atom. The molecule has 1 aliphatic rings. The van der Waals surface area contributed by atoms with E-state index in [1.54, 1.807) is 17.3 Å². The van der Waals surface area contributed by atoms with E-state index in [9.17, 15) is 0 Å². The van der Waals surface area contributed by atoms with E-state index in [0.29, 0.717) is 5.16 Å². The van der Waals surface area contributed by atoms with Crippen molar-refractivity contribution >= 4 is 17.4 Å². The van der Waals surface area contributed by atoms with Crippen LogP contribution >= 0.6 is 11.6 Å². The summed E-state index contributed by atoms with van der Waals surface area (Å²) in [7, 11) is 5.92. The number of pyridine rings is 1. The maximum absolute atomic E-state index is 5.99. The lowest BCUT2D eigenvalue weighted by Gasteiger charge is -2.29. The van der Waals surface area contributed by atoms with E-state index in [0.717, 1.165) is 23.8 Å². The molecule has 0 saturated carbocycles. The summed E-state index contributed by atoms with van der Waals surface area (Å²) in [4.78, 5) is 6.48. The lowest BCUT2D eigenvalue weighted by Crippen LogP contribution is -2.39. The largest absolute Gasteiger partial charge is 0.485 e. The Labute approximate surface area is 142 Å². The lowest BCUT2D eigenvalue weighted by molar-refractivity contribution is 0.0771. The van der Waals surface area contributed by atoms with Gasteiger partial charge in [-0.3, -0.25) is 10.4 Å². The molecule has 23 heavy (non-hydrogen) atoms. The van der Waals surface area contributed by atoms with Crippen LogP contribution in [0.5, 0.6) is 5.75 Å². The summed E-state index contributed by atoms with van der Waals surface area (Å²) in [5.41, 5.74) is 3.52. The molecule has 126 valence electrons. The first kappa shape index (κ1) is 17.4. The van der Waals surface area contributed by atoms with Crippen molar-refractivity contribution in [2.75, 3.05) is 33.0 Å². The SMILES string of the molecule is CN(C)CC(C)(C)Oc1ccc(NC2=CN(C)NC(Cl)=C2)nc1. The van der Waals surface area contributed by atoms with Crippen LogP contribution in [0.2, 0.25) is 0 Å². The minimum absolute atomic E-state index is 0.281. The first-order valence-corrected chi connectivity index (χ1v) is 7.77. The van der Waals surface area contributed by atoms with E-state index in [1.165, 1.54) is 0 Å². The van der Waals surface area contributed by atoms with E-state index in [1.807, 2.05) is 39.5 Å². The predicted molar refractivity (Wildman–Crippen MR) is 94.0 cm³/mol. The third-order valence-electron chi connectivity index (χ3n) is 3.00. The highest BCUT2D eigenvalue weighted by Crippen LogP contribution is 2.21. The molecule has 0 fully saturated rings. The van der Waals surface area contributed by atoms with E-state index < -0.39 is 0 Å². The molecule has 0 aromatic carbocycles. The maximum Gasteiger partial charge on any atom is 0.138 e. The van der Waals surface area contributed by atoms with Gasteiger partial charge in [0.25, 0.3) is 0 Å². The highest BCUT2D eigenvalue weighted by Gasteiger charge is 2.20. The molecule has 0 atom stereocenters. The third-order valence-corrected chi connectivity index (χ3v) is 3.19. The first-order valence-electron chi connectivity index (χ1n) is 7.39. The Hall–Kier alpha value is -1.92. The summed E-state index contributed by atoms with van der Waals surface area (Å²) in [6.45, 7) is 4.94. The molecule has 2 N–H and O–H groups in total. The van der Waals surface area contributed by atoms with Gasteiger partial charge in [-0.1, -0.05) is 11.6 Å². The van der Waals surface area contributed by atoms with E-state index >= 15 is 0 Å². The van der Waals surface area contributed by atoms with Crippen molar-refractivity contribution in [3.05, 3.63) is 41.5 Å². The van der Waals surface area contributed by atoms with E-state index in [-0.39, 0.29) is 5.60 Å². The molecular formula is C16H24ClN5O.